The molecule has 41 heavy (non-hydrogen) atoms. The van der Waals surface area contributed by atoms with E-state index in [-0.39, 0.29) is 36.1 Å². The van der Waals surface area contributed by atoms with Crippen molar-refractivity contribution >= 4 is 38.6 Å². The minimum atomic E-state index is -3.95. The Morgan fingerprint density at radius 1 is 1.10 bits per heavy atom. The Hall–Kier alpha value is -3.90. The number of hydrogen-bond acceptors (Lipinski definition) is 8. The van der Waals surface area contributed by atoms with Crippen LogP contribution in [0.5, 0.6) is 11.5 Å². The fraction of sp³-hybridized carbons (Fsp3) is 0.414. The zero-order valence-electron chi connectivity index (χ0n) is 23.5. The van der Waals surface area contributed by atoms with Gasteiger partial charge in [-0.25, -0.2) is 8.42 Å². The first-order valence-electron chi connectivity index (χ1n) is 13.4. The maximum absolute atomic E-state index is 13.3. The molecule has 2 heterocycles. The summed E-state index contributed by atoms with van der Waals surface area (Å²) < 4.78 is 43.8. The van der Waals surface area contributed by atoms with E-state index in [1.54, 1.807) is 36.4 Å². The van der Waals surface area contributed by atoms with Crippen molar-refractivity contribution in [2.75, 3.05) is 27.3 Å². The highest BCUT2D eigenvalue weighted by Crippen LogP contribution is 2.28. The molecule has 3 aromatic rings. The van der Waals surface area contributed by atoms with Crippen LogP contribution in [0, 0.1) is 5.92 Å². The number of fused-ring (bicyclic) bond motifs is 1. The Balaban J connectivity index is 1.46. The maximum atomic E-state index is 13.3. The second kappa shape index (κ2) is 12.7. The monoisotopic (exact) mass is 585 g/mol. The first kappa shape index (κ1) is 30.1. The molecule has 1 aliphatic rings. The summed E-state index contributed by atoms with van der Waals surface area (Å²) in [5.74, 6) is -0.591. The number of nitrogens with zero attached hydrogens (tertiary/aromatic N) is 1. The average molecular weight is 586 g/mol. The minimum Gasteiger partial charge on any atom is -0.497 e. The van der Waals surface area contributed by atoms with Crippen molar-refractivity contribution in [3.8, 4) is 11.5 Å². The molecule has 2 atom stereocenters. The molecule has 220 valence electrons. The van der Waals surface area contributed by atoms with Gasteiger partial charge in [-0.05, 0) is 49.4 Å². The van der Waals surface area contributed by atoms with Crippen molar-refractivity contribution in [2.45, 2.75) is 50.1 Å². The number of ketones is 1. The number of rotatable bonds is 10. The molecular weight excluding hydrogens is 550 g/mol. The van der Waals surface area contributed by atoms with E-state index in [0.29, 0.717) is 35.3 Å². The Labute approximate surface area is 239 Å². The number of hydrogen-bond donors (Lipinski definition) is 2. The molecule has 1 fully saturated rings. The van der Waals surface area contributed by atoms with Gasteiger partial charge in [0, 0.05) is 18.0 Å². The maximum Gasteiger partial charge on any atom is 0.287 e. The number of benzene rings is 2. The van der Waals surface area contributed by atoms with Crippen LogP contribution in [0.2, 0.25) is 0 Å². The van der Waals surface area contributed by atoms with Crippen molar-refractivity contribution in [1.82, 2.24) is 14.9 Å². The van der Waals surface area contributed by atoms with E-state index in [9.17, 15) is 22.8 Å². The summed E-state index contributed by atoms with van der Waals surface area (Å²) in [6.07, 6.45) is 0.945. The molecule has 0 radical (unpaired) electrons. The Kier molecular flexibility index (Phi) is 9.34. The Morgan fingerprint density at radius 2 is 1.85 bits per heavy atom. The average Bonchev–Trinajstić information content (AvgIpc) is 3.31. The van der Waals surface area contributed by atoms with Gasteiger partial charge in [-0.15, -0.1) is 0 Å². The smallest absolute Gasteiger partial charge is 0.287 e. The lowest BCUT2D eigenvalue weighted by molar-refractivity contribution is -0.129. The van der Waals surface area contributed by atoms with Crippen molar-refractivity contribution in [3.05, 3.63) is 54.3 Å². The van der Waals surface area contributed by atoms with Crippen molar-refractivity contribution < 1.29 is 36.7 Å². The number of carbonyl (C=O) groups is 3. The fourth-order valence-corrected chi connectivity index (χ4v) is 6.26. The summed E-state index contributed by atoms with van der Waals surface area (Å²) in [5, 5.41) is 6.16. The van der Waals surface area contributed by atoms with E-state index in [0.717, 1.165) is 4.31 Å². The predicted molar refractivity (Wildman–Crippen MR) is 151 cm³/mol. The number of furan rings is 1. The van der Waals surface area contributed by atoms with E-state index in [4.69, 9.17) is 13.9 Å². The highest BCUT2D eigenvalue weighted by molar-refractivity contribution is 7.89. The number of Topliss-reactive ketones (excluding diaryl/α,β-unsaturated/α-hetero) is 1. The highest BCUT2D eigenvalue weighted by atomic mass is 32.2. The number of carbonyl (C=O) groups excluding carboxylic acids is 3. The molecule has 1 saturated heterocycles. The van der Waals surface area contributed by atoms with Crippen LogP contribution in [0.3, 0.4) is 0 Å². The van der Waals surface area contributed by atoms with Crippen molar-refractivity contribution in [3.63, 3.8) is 0 Å². The van der Waals surface area contributed by atoms with Crippen molar-refractivity contribution in [2.24, 2.45) is 5.92 Å². The van der Waals surface area contributed by atoms with Crippen LogP contribution in [0.15, 0.2) is 57.8 Å². The zero-order chi connectivity index (χ0) is 29.7. The van der Waals surface area contributed by atoms with E-state index in [1.165, 1.54) is 26.4 Å². The molecule has 0 spiro atoms. The standard InChI is InChI=1S/C29H35N3O8S/c1-18(2)14-23(31-29(35)26-15-19-8-5-12-25(39-4)27(19)40-26)28(34)30-22-11-7-13-32(17-24(22)33)41(36,37)21-10-6-9-20(16-21)38-3/h5-6,8-10,12,15-16,18,22-23H,7,11,13-14,17H2,1-4H3,(H,30,34)(H,31,35). The number of methoxy groups -OCH3 is 2. The third kappa shape index (κ3) is 6.88. The lowest BCUT2D eigenvalue weighted by atomic mass is 10.0. The summed E-state index contributed by atoms with van der Waals surface area (Å²) in [4.78, 5) is 39.6. The number of para-hydroxylation sites is 1. The lowest BCUT2D eigenvalue weighted by Gasteiger charge is -2.23. The van der Waals surface area contributed by atoms with Gasteiger partial charge in [0.1, 0.15) is 11.8 Å². The molecule has 2 unspecified atom stereocenters. The van der Waals surface area contributed by atoms with E-state index in [2.05, 4.69) is 10.6 Å². The molecule has 0 saturated carbocycles. The van der Waals surface area contributed by atoms with E-state index < -0.39 is 39.7 Å². The van der Waals surface area contributed by atoms with Gasteiger partial charge in [-0.1, -0.05) is 32.0 Å². The molecule has 4 rings (SSSR count). The molecule has 0 bridgehead atoms. The van der Waals surface area contributed by atoms with Gasteiger partial charge in [-0.3, -0.25) is 14.4 Å². The number of nitrogens with one attached hydrogen (secondary N) is 2. The minimum absolute atomic E-state index is 0.0231. The predicted octanol–water partition coefficient (Wildman–Crippen LogP) is 3.13. The van der Waals surface area contributed by atoms with Gasteiger partial charge < -0.3 is 24.5 Å². The fourth-order valence-electron chi connectivity index (χ4n) is 4.78. The molecule has 1 aliphatic heterocycles. The van der Waals surface area contributed by atoms with Crippen LogP contribution in [-0.2, 0) is 19.6 Å². The third-order valence-electron chi connectivity index (χ3n) is 6.90. The quantitative estimate of drug-likeness (QED) is 0.369. The number of ether oxygens (including phenoxy) is 2. The molecule has 1 aromatic heterocycles. The van der Waals surface area contributed by atoms with Crippen LogP contribution in [0.25, 0.3) is 11.0 Å². The van der Waals surface area contributed by atoms with E-state index in [1.807, 2.05) is 13.8 Å². The highest BCUT2D eigenvalue weighted by Gasteiger charge is 2.34. The van der Waals surface area contributed by atoms with Crippen molar-refractivity contribution in [1.29, 1.82) is 0 Å². The summed E-state index contributed by atoms with van der Waals surface area (Å²) in [7, 11) is -1.01. The second-order valence-electron chi connectivity index (χ2n) is 10.3. The normalized spacial score (nSPS) is 17.2. The summed E-state index contributed by atoms with van der Waals surface area (Å²) in [6, 6.07) is 11.1. The second-order valence-corrected chi connectivity index (χ2v) is 12.3. The molecular formula is C29H35N3O8S. The third-order valence-corrected chi connectivity index (χ3v) is 8.74. The summed E-state index contributed by atoms with van der Waals surface area (Å²) in [5.41, 5.74) is 0.419. The van der Waals surface area contributed by atoms with Crippen LogP contribution >= 0.6 is 0 Å². The topological polar surface area (TPSA) is 144 Å². The van der Waals surface area contributed by atoms with Gasteiger partial charge in [0.05, 0.1) is 31.7 Å². The molecule has 2 amide bonds. The van der Waals surface area contributed by atoms with Crippen LogP contribution in [-0.4, -0.2) is 69.7 Å². The number of sulfonamides is 1. The zero-order valence-corrected chi connectivity index (χ0v) is 24.3. The Bertz CT molecular complexity index is 1530. The molecule has 0 aliphatic carbocycles. The first-order chi connectivity index (χ1) is 19.5. The molecule has 12 heteroatoms. The lowest BCUT2D eigenvalue weighted by Crippen LogP contribution is -2.52. The van der Waals surface area contributed by atoms with Crippen LogP contribution in [0.4, 0.5) is 0 Å². The van der Waals surface area contributed by atoms with Crippen LogP contribution < -0.4 is 20.1 Å². The van der Waals surface area contributed by atoms with Gasteiger partial charge in [0.2, 0.25) is 15.9 Å². The van der Waals surface area contributed by atoms with E-state index >= 15 is 0 Å². The Morgan fingerprint density at radius 3 is 2.56 bits per heavy atom. The number of amides is 2. The molecule has 2 N–H and O–H groups in total. The summed E-state index contributed by atoms with van der Waals surface area (Å²) in [6.45, 7) is 3.57. The SMILES string of the molecule is COc1cccc(S(=O)(=O)N2CCCC(NC(=O)C(CC(C)C)NC(=O)c3cc4cccc(OC)c4o3)C(=O)C2)c1. The molecule has 11 nitrogen and oxygen atoms in total. The summed E-state index contributed by atoms with van der Waals surface area (Å²) >= 11 is 0. The van der Waals surface area contributed by atoms with Gasteiger partial charge in [0.25, 0.3) is 5.91 Å². The first-order valence-corrected chi connectivity index (χ1v) is 14.8. The van der Waals surface area contributed by atoms with Crippen LogP contribution in [0.1, 0.15) is 43.7 Å². The largest absolute Gasteiger partial charge is 0.497 e. The molecule has 2 aromatic carbocycles. The van der Waals surface area contributed by atoms with Gasteiger partial charge in [0.15, 0.2) is 22.9 Å². The van der Waals surface area contributed by atoms with Gasteiger partial charge >= 0.3 is 0 Å². The van der Waals surface area contributed by atoms with Gasteiger partial charge in [-0.2, -0.15) is 4.31 Å².